The minimum Gasteiger partial charge on any atom is -0.507 e. The number of aromatic hydroxyl groups is 1. The van der Waals surface area contributed by atoms with Crippen LogP contribution in [0.1, 0.15) is 26.3 Å². The number of benzene rings is 5. The highest BCUT2D eigenvalue weighted by Gasteiger charge is 2.20. The van der Waals surface area contributed by atoms with Crippen LogP contribution in [0.3, 0.4) is 0 Å². The maximum Gasteiger partial charge on any atom is 0.128 e. The molecule has 0 fully saturated rings. The van der Waals surface area contributed by atoms with Crippen LogP contribution in [0.15, 0.2) is 103 Å². The second-order valence-electron chi connectivity index (χ2n) is 10.3. The van der Waals surface area contributed by atoms with Crippen molar-refractivity contribution in [3.63, 3.8) is 0 Å². The molecule has 0 aliphatic carbocycles. The second-order valence-corrected chi connectivity index (χ2v) is 11.3. The minimum absolute atomic E-state index is 0.00696. The molecule has 1 heterocycles. The third kappa shape index (κ3) is 4.06. The van der Waals surface area contributed by atoms with E-state index in [4.69, 9.17) is 4.98 Å². The molecule has 0 aliphatic rings. The van der Waals surface area contributed by atoms with Gasteiger partial charge in [-0.15, -0.1) is 11.3 Å². The van der Waals surface area contributed by atoms with Gasteiger partial charge in [0.15, 0.2) is 0 Å². The van der Waals surface area contributed by atoms with E-state index in [9.17, 15) is 5.11 Å². The molecular formula is C33H27NOS. The highest BCUT2D eigenvalue weighted by Crippen LogP contribution is 2.41. The van der Waals surface area contributed by atoms with Crippen LogP contribution in [0.5, 0.6) is 5.75 Å². The van der Waals surface area contributed by atoms with E-state index in [1.165, 1.54) is 27.5 Å². The zero-order valence-corrected chi connectivity index (χ0v) is 21.4. The Morgan fingerprint density at radius 3 is 2.06 bits per heavy atom. The summed E-state index contributed by atoms with van der Waals surface area (Å²) in [6.07, 6.45) is 0. The Labute approximate surface area is 215 Å². The van der Waals surface area contributed by atoms with Crippen molar-refractivity contribution in [3.05, 3.63) is 109 Å². The number of nitrogens with zero attached hydrogens (tertiary/aromatic N) is 1. The molecule has 176 valence electrons. The van der Waals surface area contributed by atoms with E-state index in [0.717, 1.165) is 31.9 Å². The number of phenols is 1. The number of phenolic OH excluding ortho intramolecular Hbond substituents is 1. The Hall–Kier alpha value is -3.95. The summed E-state index contributed by atoms with van der Waals surface area (Å²) in [5.41, 5.74) is 7.71. The average molecular weight is 486 g/mol. The van der Waals surface area contributed by atoms with Crippen LogP contribution in [-0.4, -0.2) is 10.1 Å². The summed E-state index contributed by atoms with van der Waals surface area (Å²) in [6.45, 7) is 6.73. The molecule has 5 aromatic carbocycles. The fourth-order valence-corrected chi connectivity index (χ4v) is 5.73. The Kier molecular flexibility index (Phi) is 5.39. The lowest BCUT2D eigenvalue weighted by Crippen LogP contribution is -2.11. The van der Waals surface area contributed by atoms with Crippen LogP contribution < -0.4 is 0 Å². The first kappa shape index (κ1) is 22.5. The number of rotatable bonds is 3. The summed E-state index contributed by atoms with van der Waals surface area (Å²) in [7, 11) is 0. The first-order valence-electron chi connectivity index (χ1n) is 12.2. The molecule has 0 aliphatic heterocycles. The number of hydrogen-bond acceptors (Lipinski definition) is 3. The van der Waals surface area contributed by atoms with Gasteiger partial charge in [0, 0.05) is 5.56 Å². The van der Waals surface area contributed by atoms with Crippen LogP contribution in [0.4, 0.5) is 0 Å². The zero-order chi connectivity index (χ0) is 24.9. The molecule has 0 saturated carbocycles. The molecule has 3 heteroatoms. The quantitative estimate of drug-likeness (QED) is 0.271. The smallest absolute Gasteiger partial charge is 0.128 e. The van der Waals surface area contributed by atoms with Crippen molar-refractivity contribution in [1.29, 1.82) is 0 Å². The van der Waals surface area contributed by atoms with Crippen molar-refractivity contribution in [3.8, 4) is 38.6 Å². The van der Waals surface area contributed by atoms with Crippen molar-refractivity contribution in [2.75, 3.05) is 0 Å². The molecule has 0 bridgehead atoms. The summed E-state index contributed by atoms with van der Waals surface area (Å²) < 4.78 is 1.13. The van der Waals surface area contributed by atoms with E-state index in [1.807, 2.05) is 18.2 Å². The van der Waals surface area contributed by atoms with E-state index >= 15 is 0 Å². The number of fused-ring (bicyclic) bond motifs is 2. The summed E-state index contributed by atoms with van der Waals surface area (Å²) in [5, 5.41) is 13.8. The molecule has 1 aromatic heterocycles. The first-order chi connectivity index (χ1) is 17.4. The molecule has 6 aromatic rings. The summed E-state index contributed by atoms with van der Waals surface area (Å²) in [4.78, 5) is 5.02. The molecule has 0 amide bonds. The van der Waals surface area contributed by atoms with E-state index in [-0.39, 0.29) is 11.2 Å². The summed E-state index contributed by atoms with van der Waals surface area (Å²) in [6, 6.07) is 35.8. The molecule has 6 rings (SSSR count). The SMILES string of the molecule is CC(C)(C)c1cc(-c2ccc(-c3ccc4ccccc4c3)cc2)c2nc(-c3ccccc3O)sc2c1. The topological polar surface area (TPSA) is 33.1 Å². The van der Waals surface area contributed by atoms with Gasteiger partial charge in [-0.05, 0) is 68.8 Å². The van der Waals surface area contributed by atoms with Crippen molar-refractivity contribution < 1.29 is 5.11 Å². The van der Waals surface area contributed by atoms with Gasteiger partial charge in [-0.25, -0.2) is 4.98 Å². The molecule has 0 spiro atoms. The monoisotopic (exact) mass is 485 g/mol. The minimum atomic E-state index is 0.00696. The summed E-state index contributed by atoms with van der Waals surface area (Å²) >= 11 is 1.63. The summed E-state index contributed by atoms with van der Waals surface area (Å²) in [5.74, 6) is 0.258. The Morgan fingerprint density at radius 1 is 0.639 bits per heavy atom. The standard InChI is InChI=1S/C33H27NOS/c1-33(2,3)26-19-28(31-30(20-26)36-32(34-31)27-10-6-7-11-29(27)35)23-15-12-22(13-16-23)25-17-14-21-8-4-5-9-24(21)18-25/h4-20,35H,1-3H3. The predicted molar refractivity (Wildman–Crippen MR) is 154 cm³/mol. The van der Waals surface area contributed by atoms with Gasteiger partial charge in [-0.2, -0.15) is 0 Å². The molecule has 0 unspecified atom stereocenters. The zero-order valence-electron chi connectivity index (χ0n) is 20.6. The highest BCUT2D eigenvalue weighted by molar-refractivity contribution is 7.21. The third-order valence-electron chi connectivity index (χ3n) is 6.77. The fraction of sp³-hybridized carbons (Fsp3) is 0.121. The van der Waals surface area contributed by atoms with E-state index in [2.05, 4.69) is 99.6 Å². The van der Waals surface area contributed by atoms with Gasteiger partial charge in [0.05, 0.1) is 15.8 Å². The average Bonchev–Trinajstić information content (AvgIpc) is 3.32. The predicted octanol–water partition coefficient (Wildman–Crippen LogP) is 9.45. The number of para-hydroxylation sites is 1. The van der Waals surface area contributed by atoms with Crippen molar-refractivity contribution in [2.45, 2.75) is 26.2 Å². The van der Waals surface area contributed by atoms with Crippen LogP contribution in [0, 0.1) is 0 Å². The van der Waals surface area contributed by atoms with Crippen LogP contribution in [0.2, 0.25) is 0 Å². The second kappa shape index (κ2) is 8.61. The molecule has 0 radical (unpaired) electrons. The highest BCUT2D eigenvalue weighted by atomic mass is 32.1. The van der Waals surface area contributed by atoms with Gasteiger partial charge < -0.3 is 5.11 Å². The molecule has 0 saturated heterocycles. The third-order valence-corrected chi connectivity index (χ3v) is 7.81. The van der Waals surface area contributed by atoms with Crippen LogP contribution in [-0.2, 0) is 5.41 Å². The maximum atomic E-state index is 10.4. The lowest BCUT2D eigenvalue weighted by Gasteiger charge is -2.20. The van der Waals surface area contributed by atoms with Gasteiger partial charge in [-0.1, -0.05) is 93.6 Å². The Balaban J connectivity index is 1.47. The van der Waals surface area contributed by atoms with E-state index in [1.54, 1.807) is 17.4 Å². The van der Waals surface area contributed by atoms with Crippen molar-refractivity contribution >= 4 is 32.3 Å². The normalized spacial score (nSPS) is 11.9. The maximum absolute atomic E-state index is 10.4. The number of hydrogen-bond donors (Lipinski definition) is 1. The van der Waals surface area contributed by atoms with Gasteiger partial charge in [-0.3, -0.25) is 0 Å². The first-order valence-corrected chi connectivity index (χ1v) is 13.0. The lowest BCUT2D eigenvalue weighted by molar-refractivity contribution is 0.477. The number of aromatic nitrogens is 1. The van der Waals surface area contributed by atoms with Gasteiger partial charge in [0.2, 0.25) is 0 Å². The molecular weight excluding hydrogens is 458 g/mol. The molecule has 36 heavy (non-hydrogen) atoms. The van der Waals surface area contributed by atoms with E-state index in [0.29, 0.717) is 0 Å². The molecule has 0 atom stereocenters. The Bertz CT molecular complexity index is 1720. The van der Waals surface area contributed by atoms with E-state index < -0.39 is 0 Å². The largest absolute Gasteiger partial charge is 0.507 e. The number of thiazole rings is 1. The van der Waals surface area contributed by atoms with Gasteiger partial charge in [0.1, 0.15) is 10.8 Å². The van der Waals surface area contributed by atoms with Gasteiger partial charge in [0.25, 0.3) is 0 Å². The van der Waals surface area contributed by atoms with Crippen molar-refractivity contribution in [1.82, 2.24) is 4.98 Å². The Morgan fingerprint density at radius 2 is 1.31 bits per heavy atom. The molecule has 1 N–H and O–H groups in total. The van der Waals surface area contributed by atoms with Crippen molar-refractivity contribution in [2.24, 2.45) is 0 Å². The fourth-order valence-electron chi connectivity index (χ4n) is 4.66. The van der Waals surface area contributed by atoms with Gasteiger partial charge >= 0.3 is 0 Å². The van der Waals surface area contributed by atoms with Crippen LogP contribution in [0.25, 0.3) is 53.8 Å². The molecule has 2 nitrogen and oxygen atoms in total. The lowest BCUT2D eigenvalue weighted by atomic mass is 9.85. The van der Waals surface area contributed by atoms with Crippen LogP contribution >= 0.6 is 11.3 Å².